The first-order valence-corrected chi connectivity index (χ1v) is 5.35. The molecule has 1 aromatic heterocycles. The Morgan fingerprint density at radius 3 is 2.30 bits per heavy atom. The van der Waals surface area contributed by atoms with Crippen LogP contribution in [0.3, 0.4) is 0 Å². The monoisotopic (exact) mass is 234 g/mol. The van der Waals surface area contributed by atoms with E-state index in [1.54, 1.807) is 11.0 Å². The molecule has 0 amide bonds. The SMILES string of the molecule is O=S(=O)([O-])c1ccc[se]1.[Na+]. The number of hydrogen-bond donors (Lipinski definition) is 0. The van der Waals surface area contributed by atoms with Gasteiger partial charge in [-0.05, 0) is 0 Å². The topological polar surface area (TPSA) is 57.2 Å². The van der Waals surface area contributed by atoms with Gasteiger partial charge in [0.05, 0.1) is 0 Å². The van der Waals surface area contributed by atoms with Gasteiger partial charge >= 0.3 is 88.0 Å². The van der Waals surface area contributed by atoms with Gasteiger partial charge < -0.3 is 0 Å². The molecule has 1 heterocycles. The molecule has 10 heavy (non-hydrogen) atoms. The molecule has 6 heteroatoms. The second kappa shape index (κ2) is 4.07. The molecule has 0 aliphatic carbocycles. The minimum Gasteiger partial charge on any atom is 1.00 e. The Balaban J connectivity index is 0.000000810. The summed E-state index contributed by atoms with van der Waals surface area (Å²) >= 11 is -0.249. The van der Waals surface area contributed by atoms with E-state index in [1.165, 1.54) is 6.07 Å². The molecule has 0 aromatic carbocycles. The van der Waals surface area contributed by atoms with Gasteiger partial charge in [-0.1, -0.05) is 0 Å². The van der Waals surface area contributed by atoms with Crippen molar-refractivity contribution in [2.24, 2.45) is 0 Å². The minimum absolute atomic E-state index is 0. The van der Waals surface area contributed by atoms with Crippen LogP contribution in [0.25, 0.3) is 0 Å². The summed E-state index contributed by atoms with van der Waals surface area (Å²) in [5.41, 5.74) is 0. The van der Waals surface area contributed by atoms with E-state index >= 15 is 0 Å². The molecule has 50 valence electrons. The van der Waals surface area contributed by atoms with Crippen molar-refractivity contribution in [3.63, 3.8) is 0 Å². The van der Waals surface area contributed by atoms with Crippen molar-refractivity contribution in [2.75, 3.05) is 0 Å². The summed E-state index contributed by atoms with van der Waals surface area (Å²) in [6.07, 6.45) is 0. The van der Waals surface area contributed by atoms with Gasteiger partial charge in [0.2, 0.25) is 0 Å². The van der Waals surface area contributed by atoms with Crippen LogP contribution in [0.1, 0.15) is 0 Å². The Bertz CT molecular complexity index is 277. The van der Waals surface area contributed by atoms with Gasteiger partial charge in [-0.25, -0.2) is 0 Å². The van der Waals surface area contributed by atoms with E-state index in [-0.39, 0.29) is 47.8 Å². The second-order valence-corrected chi connectivity index (χ2v) is 5.31. The standard InChI is InChI=1S/C4H4O3SSe.Na/c5-8(6,7)4-2-1-3-9-4;/h1-3H,(H,5,6,7);/q;+1/p-1. The average molecular weight is 233 g/mol. The van der Waals surface area contributed by atoms with E-state index in [0.717, 1.165) is 0 Å². The van der Waals surface area contributed by atoms with Crippen LogP contribution < -0.4 is 29.6 Å². The average Bonchev–Trinajstić information content (AvgIpc) is 2.08. The van der Waals surface area contributed by atoms with Crippen LogP contribution in [0.5, 0.6) is 0 Å². The third-order valence-electron chi connectivity index (χ3n) is 0.741. The summed E-state index contributed by atoms with van der Waals surface area (Å²) in [6.45, 7) is 0. The van der Waals surface area contributed by atoms with Gasteiger partial charge in [0.15, 0.2) is 0 Å². The third-order valence-corrected chi connectivity index (χ3v) is 4.54. The quantitative estimate of drug-likeness (QED) is 0.376. The second-order valence-electron chi connectivity index (χ2n) is 1.39. The van der Waals surface area contributed by atoms with Crippen molar-refractivity contribution < 1.29 is 42.5 Å². The molecule has 0 saturated carbocycles. The zero-order chi connectivity index (χ0) is 6.91. The zero-order valence-electron chi connectivity index (χ0n) is 5.27. The zero-order valence-corrected chi connectivity index (χ0v) is 9.80. The van der Waals surface area contributed by atoms with Crippen LogP contribution in [0.2, 0.25) is 0 Å². The van der Waals surface area contributed by atoms with E-state index in [4.69, 9.17) is 0 Å². The van der Waals surface area contributed by atoms with Gasteiger partial charge in [-0.2, -0.15) is 0 Å². The fourth-order valence-corrected chi connectivity index (χ4v) is 2.74. The molecule has 0 bridgehead atoms. The van der Waals surface area contributed by atoms with E-state index < -0.39 is 10.1 Å². The van der Waals surface area contributed by atoms with E-state index in [2.05, 4.69) is 0 Å². The smallest absolute Gasteiger partial charge is 1.00 e. The normalized spacial score (nSPS) is 10.5. The first-order chi connectivity index (χ1) is 4.11. The molecule has 0 aliphatic rings. The Kier molecular flexibility index (Phi) is 4.44. The third kappa shape index (κ3) is 2.88. The van der Waals surface area contributed by atoms with Crippen molar-refractivity contribution in [3.8, 4) is 0 Å². The maximum Gasteiger partial charge on any atom is 1.00 e. The number of rotatable bonds is 1. The van der Waals surface area contributed by atoms with Crippen molar-refractivity contribution in [1.29, 1.82) is 0 Å². The Labute approximate surface area is 87.2 Å². The van der Waals surface area contributed by atoms with Crippen LogP contribution in [0.15, 0.2) is 20.8 Å². The van der Waals surface area contributed by atoms with E-state index in [9.17, 15) is 13.0 Å². The molecule has 0 atom stereocenters. The molecule has 0 spiro atoms. The van der Waals surface area contributed by atoms with E-state index in [1.807, 2.05) is 0 Å². The maximum atomic E-state index is 10.2. The summed E-state index contributed by atoms with van der Waals surface area (Å²) in [5, 5.41) is 0. The summed E-state index contributed by atoms with van der Waals surface area (Å²) in [7, 11) is -4.13. The van der Waals surface area contributed by atoms with Crippen LogP contribution in [-0.4, -0.2) is 27.5 Å². The Morgan fingerprint density at radius 1 is 1.50 bits per heavy atom. The molecule has 0 unspecified atom stereocenters. The van der Waals surface area contributed by atoms with Gasteiger partial charge in [0.25, 0.3) is 0 Å². The largest absolute Gasteiger partial charge is 1.00 e. The maximum absolute atomic E-state index is 10.2. The summed E-state index contributed by atoms with van der Waals surface area (Å²) in [5.74, 6) is 0. The van der Waals surface area contributed by atoms with E-state index in [0.29, 0.717) is 0 Å². The Hall–Kier alpha value is 0.909. The number of hydrogen-bond acceptors (Lipinski definition) is 3. The van der Waals surface area contributed by atoms with Gasteiger partial charge in [-0.3, -0.25) is 0 Å². The Morgan fingerprint density at radius 2 is 2.10 bits per heavy atom. The van der Waals surface area contributed by atoms with Crippen LogP contribution in [0, 0.1) is 0 Å². The molecule has 3 nitrogen and oxygen atoms in total. The molecule has 0 N–H and O–H groups in total. The first kappa shape index (κ1) is 10.9. The van der Waals surface area contributed by atoms with Gasteiger partial charge in [0, 0.05) is 0 Å². The molecule has 0 radical (unpaired) electrons. The summed E-state index contributed by atoms with van der Waals surface area (Å²) < 4.78 is 30.6. The van der Waals surface area contributed by atoms with Crippen LogP contribution in [0.4, 0.5) is 0 Å². The van der Waals surface area contributed by atoms with Crippen molar-refractivity contribution >= 4 is 24.6 Å². The summed E-state index contributed by atoms with van der Waals surface area (Å²) in [4.78, 5) is 1.69. The molecule has 0 fully saturated rings. The molecule has 1 rings (SSSR count). The predicted octanol–water partition coefficient (Wildman–Crippen LogP) is -3.35. The first-order valence-electron chi connectivity index (χ1n) is 2.10. The fourth-order valence-electron chi connectivity index (χ4n) is 0.406. The van der Waals surface area contributed by atoms with Crippen LogP contribution in [-0.2, 0) is 10.1 Å². The van der Waals surface area contributed by atoms with Gasteiger partial charge in [0.1, 0.15) is 0 Å². The summed E-state index contributed by atoms with van der Waals surface area (Å²) in [6, 6.07) is 2.94. The molecule has 1 aromatic rings. The van der Waals surface area contributed by atoms with Gasteiger partial charge in [-0.15, -0.1) is 0 Å². The van der Waals surface area contributed by atoms with Crippen molar-refractivity contribution in [3.05, 3.63) is 17.1 Å². The molecular formula is C4H3NaO3SSe. The van der Waals surface area contributed by atoms with Crippen LogP contribution >= 0.6 is 0 Å². The predicted molar refractivity (Wildman–Crippen MR) is 31.3 cm³/mol. The minimum atomic E-state index is -4.13. The molecule has 0 saturated heterocycles. The fraction of sp³-hybridized carbons (Fsp3) is 0. The van der Waals surface area contributed by atoms with Crippen molar-refractivity contribution in [2.45, 2.75) is 3.77 Å². The van der Waals surface area contributed by atoms with Crippen molar-refractivity contribution in [1.82, 2.24) is 0 Å². The molecular weight excluding hydrogens is 230 g/mol. The molecule has 0 aliphatic heterocycles.